The van der Waals surface area contributed by atoms with E-state index in [0.717, 1.165) is 16.8 Å². The van der Waals surface area contributed by atoms with Gasteiger partial charge in [0.25, 0.3) is 0 Å². The smallest absolute Gasteiger partial charge is 0.303 e. The topological polar surface area (TPSA) is 70.0 Å². The summed E-state index contributed by atoms with van der Waals surface area (Å²) in [7, 11) is 0. The molecule has 2 aromatic rings. The van der Waals surface area contributed by atoms with Crippen LogP contribution >= 0.6 is 0 Å². The number of nitrogens with zero attached hydrogens (tertiary/aromatic N) is 1. The van der Waals surface area contributed by atoms with Gasteiger partial charge in [-0.15, -0.1) is 0 Å². The maximum atomic E-state index is 10.8. The first-order valence-corrected chi connectivity index (χ1v) is 7.90. The van der Waals surface area contributed by atoms with Gasteiger partial charge in [0.2, 0.25) is 0 Å². The van der Waals surface area contributed by atoms with Gasteiger partial charge in [-0.1, -0.05) is 42.5 Å². The third-order valence-electron chi connectivity index (χ3n) is 3.24. The summed E-state index contributed by atoms with van der Waals surface area (Å²) in [6.07, 6.45) is -0.577. The van der Waals surface area contributed by atoms with Crippen LogP contribution in [-0.2, 0) is 22.1 Å². The Labute approximate surface area is 132 Å². The van der Waals surface area contributed by atoms with E-state index in [1.807, 2.05) is 59.5 Å². The van der Waals surface area contributed by atoms with Crippen LogP contribution in [0.5, 0.6) is 0 Å². The molecule has 6 heteroatoms. The van der Waals surface area contributed by atoms with Gasteiger partial charge in [-0.05, 0) is 30.2 Å². The number of rotatable bonds is 7. The molecule has 0 saturated carbocycles. The Morgan fingerprint density at radius 3 is 2.55 bits per heavy atom. The molecular weight excluding hydrogens is 302 g/mol. The molecule has 0 aromatic heterocycles. The number of hydrogen-bond donors (Lipinski definition) is 2. The molecular formula is C16H19NO4S. The second-order valence-electron chi connectivity index (χ2n) is 4.92. The fraction of sp³-hybridized carbons (Fsp3) is 0.250. The van der Waals surface area contributed by atoms with Crippen LogP contribution < -0.4 is 4.90 Å². The zero-order valence-electron chi connectivity index (χ0n) is 12.3. The molecule has 0 heterocycles. The minimum absolute atomic E-state index is 0.0265. The highest BCUT2D eigenvalue weighted by atomic mass is 32.2. The molecule has 0 spiro atoms. The lowest BCUT2D eigenvalue weighted by atomic mass is 10.1. The molecule has 2 rings (SSSR count). The van der Waals surface area contributed by atoms with Crippen molar-refractivity contribution in [2.45, 2.75) is 19.6 Å². The number of benzene rings is 2. The summed E-state index contributed by atoms with van der Waals surface area (Å²) in [5.74, 6) is 0. The number of aliphatic hydroxyl groups is 1. The van der Waals surface area contributed by atoms with E-state index in [4.69, 9.17) is 8.74 Å². The van der Waals surface area contributed by atoms with Gasteiger partial charge >= 0.3 is 11.4 Å². The Morgan fingerprint density at radius 2 is 1.91 bits per heavy atom. The van der Waals surface area contributed by atoms with Crippen LogP contribution in [0.4, 0.5) is 5.69 Å². The van der Waals surface area contributed by atoms with Gasteiger partial charge in [-0.2, -0.15) is 4.21 Å². The highest BCUT2D eigenvalue weighted by Crippen LogP contribution is 2.22. The van der Waals surface area contributed by atoms with E-state index in [-0.39, 0.29) is 6.73 Å². The summed E-state index contributed by atoms with van der Waals surface area (Å²) < 4.78 is 24.4. The van der Waals surface area contributed by atoms with Crippen molar-refractivity contribution >= 4 is 17.0 Å². The Morgan fingerprint density at radius 1 is 1.18 bits per heavy atom. The molecule has 2 N–H and O–H groups in total. The van der Waals surface area contributed by atoms with Gasteiger partial charge in [0, 0.05) is 12.2 Å². The zero-order valence-corrected chi connectivity index (χ0v) is 13.1. The normalized spacial score (nSPS) is 13.6. The quantitative estimate of drug-likeness (QED) is 0.606. The lowest BCUT2D eigenvalue weighted by Gasteiger charge is -2.24. The molecule has 5 nitrogen and oxygen atoms in total. The van der Waals surface area contributed by atoms with Crippen molar-refractivity contribution in [1.29, 1.82) is 0 Å². The monoisotopic (exact) mass is 321 g/mol. The SMILES string of the molecule is CC(O)c1cccc(N(COS(=O)O)Cc2ccccc2)c1. The first-order chi connectivity index (χ1) is 10.6. The number of hydrogen-bond acceptors (Lipinski definition) is 4. The van der Waals surface area contributed by atoms with E-state index in [9.17, 15) is 9.32 Å². The maximum absolute atomic E-state index is 10.8. The zero-order chi connectivity index (χ0) is 15.9. The second-order valence-corrected chi connectivity index (χ2v) is 5.59. The summed E-state index contributed by atoms with van der Waals surface area (Å²) in [6.45, 7) is 2.20. The van der Waals surface area contributed by atoms with Crippen molar-refractivity contribution in [3.63, 3.8) is 0 Å². The van der Waals surface area contributed by atoms with Crippen molar-refractivity contribution in [1.82, 2.24) is 0 Å². The average Bonchev–Trinajstić information content (AvgIpc) is 2.52. The van der Waals surface area contributed by atoms with Crippen molar-refractivity contribution in [3.05, 3.63) is 65.7 Å². The molecule has 0 amide bonds. The van der Waals surface area contributed by atoms with Gasteiger partial charge in [0.1, 0.15) is 6.73 Å². The third kappa shape index (κ3) is 4.92. The average molecular weight is 321 g/mol. The van der Waals surface area contributed by atoms with Gasteiger partial charge < -0.3 is 10.0 Å². The summed E-state index contributed by atoms with van der Waals surface area (Å²) in [5.41, 5.74) is 2.64. The fourth-order valence-electron chi connectivity index (χ4n) is 2.11. The van der Waals surface area contributed by atoms with E-state index < -0.39 is 17.5 Å². The molecule has 0 aliphatic carbocycles. The molecule has 0 aliphatic rings. The van der Waals surface area contributed by atoms with E-state index >= 15 is 0 Å². The van der Waals surface area contributed by atoms with Crippen LogP contribution in [0.15, 0.2) is 54.6 Å². The molecule has 0 aliphatic heterocycles. The maximum Gasteiger partial charge on any atom is 0.303 e. The van der Waals surface area contributed by atoms with Crippen LogP contribution in [-0.4, -0.2) is 20.6 Å². The lowest BCUT2D eigenvalue weighted by Crippen LogP contribution is -2.26. The van der Waals surface area contributed by atoms with E-state index in [1.165, 1.54) is 0 Å². The van der Waals surface area contributed by atoms with Crippen LogP contribution in [0.2, 0.25) is 0 Å². The predicted octanol–water partition coefficient (Wildman–Crippen LogP) is 2.86. The molecule has 2 atom stereocenters. The Hall–Kier alpha value is -1.73. The van der Waals surface area contributed by atoms with Crippen LogP contribution in [0.25, 0.3) is 0 Å². The second kappa shape index (κ2) is 8.05. The summed E-state index contributed by atoms with van der Waals surface area (Å²) in [6, 6.07) is 17.1. The molecule has 0 saturated heterocycles. The highest BCUT2D eigenvalue weighted by Gasteiger charge is 2.11. The van der Waals surface area contributed by atoms with Crippen LogP contribution in [0.1, 0.15) is 24.2 Å². The molecule has 0 radical (unpaired) electrons. The number of aliphatic hydroxyl groups excluding tert-OH is 1. The summed E-state index contributed by atoms with van der Waals surface area (Å²) >= 11 is -2.32. The van der Waals surface area contributed by atoms with Gasteiger partial charge in [0.15, 0.2) is 0 Å². The van der Waals surface area contributed by atoms with Gasteiger partial charge in [-0.25, -0.2) is 4.18 Å². The van der Waals surface area contributed by atoms with E-state index in [2.05, 4.69) is 0 Å². The molecule has 2 aromatic carbocycles. The highest BCUT2D eigenvalue weighted by molar-refractivity contribution is 7.74. The first-order valence-electron chi connectivity index (χ1n) is 6.87. The van der Waals surface area contributed by atoms with Crippen LogP contribution in [0, 0.1) is 0 Å². The van der Waals surface area contributed by atoms with Crippen molar-refractivity contribution in [3.8, 4) is 0 Å². The Bertz CT molecular complexity index is 619. The molecule has 22 heavy (non-hydrogen) atoms. The molecule has 0 fully saturated rings. The molecule has 0 bridgehead atoms. The summed E-state index contributed by atoms with van der Waals surface area (Å²) in [4.78, 5) is 1.83. The van der Waals surface area contributed by atoms with E-state index in [0.29, 0.717) is 6.54 Å². The Kier molecular flexibility index (Phi) is 6.09. The Balaban J connectivity index is 2.23. The standard InChI is InChI=1S/C16H19NO4S/c1-13(18)15-8-5-9-16(10-15)17(12-21-22(19)20)11-14-6-3-2-4-7-14/h2-10,13,18H,11-12H2,1H3,(H,19,20). The molecule has 118 valence electrons. The van der Waals surface area contributed by atoms with Crippen molar-refractivity contribution in [2.75, 3.05) is 11.6 Å². The largest absolute Gasteiger partial charge is 0.389 e. The minimum atomic E-state index is -2.32. The third-order valence-corrected chi connectivity index (χ3v) is 3.55. The van der Waals surface area contributed by atoms with Crippen LogP contribution in [0.3, 0.4) is 0 Å². The summed E-state index contributed by atoms with van der Waals surface area (Å²) in [5, 5.41) is 9.70. The predicted molar refractivity (Wildman–Crippen MR) is 86.4 cm³/mol. The molecule has 2 unspecified atom stereocenters. The van der Waals surface area contributed by atoms with Crippen molar-refractivity contribution in [2.24, 2.45) is 0 Å². The minimum Gasteiger partial charge on any atom is -0.389 e. The van der Waals surface area contributed by atoms with Gasteiger partial charge in [-0.3, -0.25) is 4.55 Å². The van der Waals surface area contributed by atoms with E-state index in [1.54, 1.807) is 6.92 Å². The lowest BCUT2D eigenvalue weighted by molar-refractivity contribution is 0.199. The van der Waals surface area contributed by atoms with Crippen molar-refractivity contribution < 1.29 is 18.1 Å². The van der Waals surface area contributed by atoms with Gasteiger partial charge in [0.05, 0.1) is 6.10 Å². The first kappa shape index (κ1) is 16.6. The number of anilines is 1. The fourth-order valence-corrected chi connectivity index (χ4v) is 2.32.